The Morgan fingerprint density at radius 2 is 1.89 bits per heavy atom. The van der Waals surface area contributed by atoms with E-state index in [1.807, 2.05) is 13.0 Å². The van der Waals surface area contributed by atoms with E-state index < -0.39 is 0 Å². The van der Waals surface area contributed by atoms with Gasteiger partial charge in [-0.25, -0.2) is 14.8 Å². The van der Waals surface area contributed by atoms with E-state index in [1.54, 1.807) is 19.3 Å². The van der Waals surface area contributed by atoms with Crippen LogP contribution in [0.3, 0.4) is 0 Å². The van der Waals surface area contributed by atoms with E-state index in [4.69, 9.17) is 4.42 Å². The first-order chi connectivity index (χ1) is 13.5. The second-order valence-electron chi connectivity index (χ2n) is 6.48. The molecule has 3 heterocycles. The third-order valence-electron chi connectivity index (χ3n) is 4.61. The van der Waals surface area contributed by atoms with Crippen molar-refractivity contribution in [2.45, 2.75) is 13.5 Å². The molecule has 10 nitrogen and oxygen atoms in total. The summed E-state index contributed by atoms with van der Waals surface area (Å²) in [6.45, 7) is 5.95. The molecule has 0 aromatic carbocycles. The summed E-state index contributed by atoms with van der Waals surface area (Å²) < 4.78 is 5.55. The molecular weight excluding hydrogens is 362 g/mol. The minimum absolute atomic E-state index is 0.184. The van der Waals surface area contributed by atoms with Crippen molar-refractivity contribution >= 4 is 23.6 Å². The molecule has 2 aromatic heterocycles. The molecule has 1 saturated heterocycles. The fourth-order valence-corrected chi connectivity index (χ4v) is 3.11. The predicted octanol–water partition coefficient (Wildman–Crippen LogP) is 0.811. The zero-order valence-corrected chi connectivity index (χ0v) is 16.3. The van der Waals surface area contributed by atoms with E-state index in [1.165, 1.54) is 7.05 Å². The van der Waals surface area contributed by atoms with Gasteiger partial charge in [-0.15, -0.1) is 0 Å². The number of hydrogen-bond acceptors (Lipinski definition) is 7. The third kappa shape index (κ3) is 4.58. The van der Waals surface area contributed by atoms with Crippen molar-refractivity contribution in [1.82, 2.24) is 25.5 Å². The lowest BCUT2D eigenvalue weighted by Gasteiger charge is -2.36. The van der Waals surface area contributed by atoms with Crippen LogP contribution in [0.15, 0.2) is 22.7 Å². The summed E-state index contributed by atoms with van der Waals surface area (Å²) in [6, 6.07) is 3.53. The standard InChI is InChI=1S/C18H25N7O3/c1-12-15(5-4-14(22-12)16(26)19-2)25-8-6-24(7-9-25)11-13-10-21-18(28-13)23-17(27)20-3/h4-5,10H,6-9,11H2,1-3H3,(H,19,26)(H2,20,21,23,27). The second-order valence-corrected chi connectivity index (χ2v) is 6.48. The van der Waals surface area contributed by atoms with E-state index in [0.29, 0.717) is 18.0 Å². The molecule has 0 saturated carbocycles. The van der Waals surface area contributed by atoms with Gasteiger partial charge < -0.3 is 20.0 Å². The van der Waals surface area contributed by atoms with Crippen LogP contribution in [0.4, 0.5) is 16.5 Å². The van der Waals surface area contributed by atoms with Gasteiger partial charge in [0.05, 0.1) is 24.1 Å². The molecule has 2 aromatic rings. The van der Waals surface area contributed by atoms with Crippen molar-refractivity contribution in [3.8, 4) is 0 Å². The summed E-state index contributed by atoms with van der Waals surface area (Å²) >= 11 is 0. The molecule has 150 valence electrons. The van der Waals surface area contributed by atoms with Crippen LogP contribution in [0.1, 0.15) is 21.9 Å². The van der Waals surface area contributed by atoms with Crippen LogP contribution in [0.2, 0.25) is 0 Å². The van der Waals surface area contributed by atoms with Gasteiger partial charge in [0, 0.05) is 40.3 Å². The van der Waals surface area contributed by atoms with Crippen LogP contribution in [-0.4, -0.2) is 67.1 Å². The van der Waals surface area contributed by atoms with E-state index in [-0.39, 0.29) is 18.0 Å². The van der Waals surface area contributed by atoms with Crippen LogP contribution < -0.4 is 20.9 Å². The SMILES string of the molecule is CNC(=O)Nc1ncc(CN2CCN(c3ccc(C(=O)NC)nc3C)CC2)o1. The van der Waals surface area contributed by atoms with E-state index >= 15 is 0 Å². The number of aryl methyl sites for hydroxylation is 1. The number of oxazole rings is 1. The fourth-order valence-electron chi connectivity index (χ4n) is 3.11. The molecule has 0 unspecified atom stereocenters. The number of nitrogens with one attached hydrogen (secondary N) is 3. The average Bonchev–Trinajstić information content (AvgIpc) is 3.14. The number of rotatable bonds is 5. The average molecular weight is 387 g/mol. The molecule has 0 aliphatic carbocycles. The minimum atomic E-state index is -0.367. The number of pyridine rings is 1. The highest BCUT2D eigenvalue weighted by molar-refractivity contribution is 5.92. The lowest BCUT2D eigenvalue weighted by molar-refractivity contribution is 0.0958. The Hall–Kier alpha value is -3.14. The molecule has 0 atom stereocenters. The number of hydrogen-bond donors (Lipinski definition) is 3. The Kier molecular flexibility index (Phi) is 6.09. The molecule has 0 bridgehead atoms. The lowest BCUT2D eigenvalue weighted by Crippen LogP contribution is -2.46. The molecule has 1 aliphatic heterocycles. The molecular formula is C18H25N7O3. The van der Waals surface area contributed by atoms with Gasteiger partial charge in [-0.3, -0.25) is 15.0 Å². The number of urea groups is 1. The van der Waals surface area contributed by atoms with Crippen LogP contribution in [0, 0.1) is 6.92 Å². The first-order valence-corrected chi connectivity index (χ1v) is 9.10. The molecule has 1 aliphatic rings. The molecule has 3 amide bonds. The zero-order valence-electron chi connectivity index (χ0n) is 16.3. The number of carbonyl (C=O) groups is 2. The largest absolute Gasteiger partial charge is 0.427 e. The number of amides is 3. The maximum Gasteiger partial charge on any atom is 0.322 e. The van der Waals surface area contributed by atoms with Gasteiger partial charge in [-0.05, 0) is 19.1 Å². The summed E-state index contributed by atoms with van der Waals surface area (Å²) in [4.78, 5) is 36.0. The van der Waals surface area contributed by atoms with Gasteiger partial charge in [0.15, 0.2) is 0 Å². The number of aromatic nitrogens is 2. The molecule has 0 spiro atoms. The minimum Gasteiger partial charge on any atom is -0.427 e. The quantitative estimate of drug-likeness (QED) is 0.695. The summed E-state index contributed by atoms with van der Waals surface area (Å²) in [6.07, 6.45) is 1.63. The van der Waals surface area contributed by atoms with E-state index in [9.17, 15) is 9.59 Å². The highest BCUT2D eigenvalue weighted by atomic mass is 16.4. The number of anilines is 2. The maximum atomic E-state index is 11.7. The first kappa shape index (κ1) is 19.6. The number of carbonyl (C=O) groups excluding carboxylic acids is 2. The monoisotopic (exact) mass is 387 g/mol. The molecule has 0 radical (unpaired) electrons. The number of piperazine rings is 1. The highest BCUT2D eigenvalue weighted by Gasteiger charge is 2.21. The van der Waals surface area contributed by atoms with E-state index in [2.05, 4.69) is 35.7 Å². The Balaban J connectivity index is 1.55. The normalized spacial score (nSPS) is 14.6. The van der Waals surface area contributed by atoms with Crippen LogP contribution in [0.25, 0.3) is 0 Å². The molecule has 28 heavy (non-hydrogen) atoms. The first-order valence-electron chi connectivity index (χ1n) is 9.10. The van der Waals surface area contributed by atoms with Crippen molar-refractivity contribution in [2.75, 3.05) is 50.5 Å². The van der Waals surface area contributed by atoms with Gasteiger partial charge >= 0.3 is 12.0 Å². The summed E-state index contributed by atoms with van der Waals surface area (Å²) in [5, 5.41) is 7.55. The van der Waals surface area contributed by atoms with Gasteiger partial charge in [0.2, 0.25) is 0 Å². The van der Waals surface area contributed by atoms with Crippen molar-refractivity contribution < 1.29 is 14.0 Å². The fraction of sp³-hybridized carbons (Fsp3) is 0.444. The summed E-state index contributed by atoms with van der Waals surface area (Å²) in [5.74, 6) is 0.518. The van der Waals surface area contributed by atoms with Gasteiger partial charge in [-0.1, -0.05) is 0 Å². The molecule has 1 fully saturated rings. The van der Waals surface area contributed by atoms with Crippen molar-refractivity contribution in [3.05, 3.63) is 35.5 Å². The maximum absolute atomic E-state index is 11.7. The van der Waals surface area contributed by atoms with Crippen molar-refractivity contribution in [3.63, 3.8) is 0 Å². The molecule has 3 rings (SSSR count). The zero-order chi connectivity index (χ0) is 20.1. The Morgan fingerprint density at radius 3 is 2.54 bits per heavy atom. The highest BCUT2D eigenvalue weighted by Crippen LogP contribution is 2.21. The Morgan fingerprint density at radius 1 is 1.14 bits per heavy atom. The van der Waals surface area contributed by atoms with Crippen LogP contribution in [-0.2, 0) is 6.54 Å². The van der Waals surface area contributed by atoms with Crippen LogP contribution in [0.5, 0.6) is 0 Å². The van der Waals surface area contributed by atoms with Crippen molar-refractivity contribution in [1.29, 1.82) is 0 Å². The lowest BCUT2D eigenvalue weighted by atomic mass is 10.2. The Labute approximate surface area is 163 Å². The van der Waals surface area contributed by atoms with Gasteiger partial charge in [0.25, 0.3) is 5.91 Å². The topological polar surface area (TPSA) is 116 Å². The molecule has 3 N–H and O–H groups in total. The second kappa shape index (κ2) is 8.70. The predicted molar refractivity (Wildman–Crippen MR) is 104 cm³/mol. The van der Waals surface area contributed by atoms with E-state index in [0.717, 1.165) is 37.6 Å². The Bertz CT molecular complexity index is 843. The smallest absolute Gasteiger partial charge is 0.322 e. The summed E-state index contributed by atoms with van der Waals surface area (Å²) in [5.41, 5.74) is 2.31. The van der Waals surface area contributed by atoms with Crippen molar-refractivity contribution in [2.24, 2.45) is 0 Å². The summed E-state index contributed by atoms with van der Waals surface area (Å²) in [7, 11) is 3.13. The van der Waals surface area contributed by atoms with Crippen LogP contribution >= 0.6 is 0 Å². The van der Waals surface area contributed by atoms with Gasteiger partial charge in [0.1, 0.15) is 11.5 Å². The number of nitrogens with zero attached hydrogens (tertiary/aromatic N) is 4. The molecule has 10 heteroatoms. The van der Waals surface area contributed by atoms with Gasteiger partial charge in [-0.2, -0.15) is 0 Å². The third-order valence-corrected chi connectivity index (χ3v) is 4.61.